The van der Waals surface area contributed by atoms with Gasteiger partial charge in [-0.3, -0.25) is 4.79 Å². The minimum atomic E-state index is -0.744. The fourth-order valence-electron chi connectivity index (χ4n) is 4.31. The highest BCUT2D eigenvalue weighted by molar-refractivity contribution is 5.77. The molecule has 0 atom stereocenters. The van der Waals surface area contributed by atoms with Gasteiger partial charge < -0.3 is 10.0 Å². The number of carbonyl (C=O) groups excluding carboxylic acids is 1. The summed E-state index contributed by atoms with van der Waals surface area (Å²) >= 11 is 0. The quantitative estimate of drug-likeness (QED) is 0.706. The van der Waals surface area contributed by atoms with E-state index in [4.69, 9.17) is 0 Å². The molecule has 2 aromatic carbocycles. The smallest absolute Gasteiger partial charge is 0.223 e. The number of aliphatic hydroxyl groups is 1. The van der Waals surface area contributed by atoms with Gasteiger partial charge in [-0.15, -0.1) is 0 Å². The molecule has 1 amide bonds. The summed E-state index contributed by atoms with van der Waals surface area (Å²) in [5, 5.41) is 11.2. The molecule has 3 rings (SSSR count). The molecule has 1 aliphatic rings. The molecule has 28 heavy (non-hydrogen) atoms. The number of hydrogen-bond acceptors (Lipinski definition) is 2. The topological polar surface area (TPSA) is 40.5 Å². The Balaban J connectivity index is 1.77. The lowest BCUT2D eigenvalue weighted by molar-refractivity contribution is -0.144. The van der Waals surface area contributed by atoms with Gasteiger partial charge in [0.25, 0.3) is 0 Å². The molecular formula is C25H33NO2. The molecule has 0 heterocycles. The van der Waals surface area contributed by atoms with Crippen molar-refractivity contribution in [2.45, 2.75) is 71.1 Å². The summed E-state index contributed by atoms with van der Waals surface area (Å²) in [6.45, 7) is 5.28. The maximum absolute atomic E-state index is 13.4. The van der Waals surface area contributed by atoms with Crippen LogP contribution in [0.5, 0.6) is 0 Å². The summed E-state index contributed by atoms with van der Waals surface area (Å²) in [5.74, 6) is 0.108. The molecule has 0 aliphatic heterocycles. The number of carbonyl (C=O) groups is 1. The first-order valence-corrected chi connectivity index (χ1v) is 10.5. The predicted molar refractivity (Wildman–Crippen MR) is 114 cm³/mol. The fraction of sp³-hybridized carbons (Fsp3) is 0.480. The van der Waals surface area contributed by atoms with Gasteiger partial charge in [0.05, 0.1) is 5.60 Å². The zero-order valence-electron chi connectivity index (χ0n) is 17.2. The summed E-state index contributed by atoms with van der Waals surface area (Å²) in [7, 11) is 0. The molecule has 0 spiro atoms. The highest BCUT2D eigenvalue weighted by atomic mass is 16.3. The first kappa shape index (κ1) is 20.6. The average molecular weight is 380 g/mol. The summed E-state index contributed by atoms with van der Waals surface area (Å²) < 4.78 is 0. The van der Waals surface area contributed by atoms with Gasteiger partial charge in [-0.2, -0.15) is 0 Å². The molecule has 2 aromatic rings. The van der Waals surface area contributed by atoms with Crippen LogP contribution in [0.15, 0.2) is 60.7 Å². The molecule has 1 aliphatic carbocycles. The van der Waals surface area contributed by atoms with Crippen molar-refractivity contribution < 1.29 is 9.90 Å². The molecule has 0 unspecified atom stereocenters. The summed E-state index contributed by atoms with van der Waals surface area (Å²) in [6.07, 6.45) is 5.23. The van der Waals surface area contributed by atoms with Crippen molar-refractivity contribution in [2.24, 2.45) is 5.41 Å². The number of rotatable bonds is 7. The number of benzene rings is 2. The Morgan fingerprint density at radius 2 is 1.36 bits per heavy atom. The van der Waals surface area contributed by atoms with E-state index in [-0.39, 0.29) is 5.91 Å². The first-order valence-electron chi connectivity index (χ1n) is 10.5. The molecule has 1 fully saturated rings. The van der Waals surface area contributed by atoms with E-state index in [9.17, 15) is 9.90 Å². The van der Waals surface area contributed by atoms with E-state index in [1.807, 2.05) is 41.3 Å². The lowest BCUT2D eigenvalue weighted by Crippen LogP contribution is -2.48. The molecule has 150 valence electrons. The first-order chi connectivity index (χ1) is 13.4. The SMILES string of the molecule is CC(C)(CC(=O)N(Cc1ccccc1)Cc1ccccc1)C1(O)CCCCC1. The van der Waals surface area contributed by atoms with E-state index in [1.54, 1.807) is 0 Å². The Morgan fingerprint density at radius 1 is 0.893 bits per heavy atom. The lowest BCUT2D eigenvalue weighted by Gasteiger charge is -2.45. The van der Waals surface area contributed by atoms with Gasteiger partial charge in [0.2, 0.25) is 5.91 Å². The maximum Gasteiger partial charge on any atom is 0.223 e. The van der Waals surface area contributed by atoms with E-state index >= 15 is 0 Å². The monoisotopic (exact) mass is 379 g/mol. The third-order valence-corrected chi connectivity index (χ3v) is 6.32. The molecular weight excluding hydrogens is 346 g/mol. The van der Waals surface area contributed by atoms with Gasteiger partial charge in [-0.25, -0.2) is 0 Å². The van der Waals surface area contributed by atoms with Crippen LogP contribution in [0.4, 0.5) is 0 Å². The van der Waals surface area contributed by atoms with Crippen molar-refractivity contribution in [3.05, 3.63) is 71.8 Å². The van der Waals surface area contributed by atoms with Gasteiger partial charge in [0.1, 0.15) is 0 Å². The van der Waals surface area contributed by atoms with Crippen LogP contribution in [0.1, 0.15) is 63.5 Å². The maximum atomic E-state index is 13.4. The Morgan fingerprint density at radius 3 is 1.82 bits per heavy atom. The van der Waals surface area contributed by atoms with Crippen molar-refractivity contribution in [1.82, 2.24) is 4.90 Å². The van der Waals surface area contributed by atoms with Crippen LogP contribution in [0.2, 0.25) is 0 Å². The number of amides is 1. The number of nitrogens with zero attached hydrogens (tertiary/aromatic N) is 1. The lowest BCUT2D eigenvalue weighted by atomic mass is 9.65. The van der Waals surface area contributed by atoms with Crippen LogP contribution in [-0.4, -0.2) is 21.5 Å². The number of hydrogen-bond donors (Lipinski definition) is 1. The molecule has 0 bridgehead atoms. The third kappa shape index (κ3) is 5.02. The minimum absolute atomic E-state index is 0.108. The second-order valence-electron chi connectivity index (χ2n) is 8.87. The Bertz CT molecular complexity index is 707. The van der Waals surface area contributed by atoms with Crippen molar-refractivity contribution in [2.75, 3.05) is 0 Å². The van der Waals surface area contributed by atoms with Crippen molar-refractivity contribution in [1.29, 1.82) is 0 Å². The zero-order chi connectivity index (χ0) is 20.0. The highest BCUT2D eigenvalue weighted by Gasteiger charge is 2.45. The van der Waals surface area contributed by atoms with Gasteiger partial charge in [0, 0.05) is 24.9 Å². The standard InChI is InChI=1S/C25H33NO2/c1-24(2,25(28)16-10-5-11-17-25)18-23(27)26(19-21-12-6-3-7-13-21)20-22-14-8-4-9-15-22/h3-4,6-9,12-15,28H,5,10-11,16-20H2,1-2H3. The molecule has 0 aromatic heterocycles. The van der Waals surface area contributed by atoms with E-state index in [0.29, 0.717) is 19.5 Å². The average Bonchev–Trinajstić information content (AvgIpc) is 2.69. The predicted octanol–water partition coefficient (Wildman–Crippen LogP) is 5.33. The third-order valence-electron chi connectivity index (χ3n) is 6.32. The largest absolute Gasteiger partial charge is 0.389 e. The zero-order valence-corrected chi connectivity index (χ0v) is 17.2. The van der Waals surface area contributed by atoms with Crippen LogP contribution in [-0.2, 0) is 17.9 Å². The minimum Gasteiger partial charge on any atom is -0.389 e. The van der Waals surface area contributed by atoms with E-state index in [1.165, 1.54) is 6.42 Å². The second kappa shape index (κ2) is 8.91. The molecule has 0 saturated heterocycles. The molecule has 0 radical (unpaired) electrons. The van der Waals surface area contributed by atoms with Crippen LogP contribution in [0.25, 0.3) is 0 Å². The van der Waals surface area contributed by atoms with Gasteiger partial charge in [-0.1, -0.05) is 93.8 Å². The van der Waals surface area contributed by atoms with E-state index < -0.39 is 11.0 Å². The molecule has 1 N–H and O–H groups in total. The Labute approximate surface area is 169 Å². The van der Waals surface area contributed by atoms with Crippen LogP contribution < -0.4 is 0 Å². The summed E-state index contributed by atoms with van der Waals surface area (Å²) in [4.78, 5) is 15.3. The Hall–Kier alpha value is -2.13. The Kier molecular flexibility index (Phi) is 6.56. The van der Waals surface area contributed by atoms with E-state index in [2.05, 4.69) is 38.1 Å². The molecule has 1 saturated carbocycles. The second-order valence-corrected chi connectivity index (χ2v) is 8.87. The van der Waals surface area contributed by atoms with Crippen molar-refractivity contribution in [3.8, 4) is 0 Å². The fourth-order valence-corrected chi connectivity index (χ4v) is 4.31. The molecule has 3 nitrogen and oxygen atoms in total. The summed E-state index contributed by atoms with van der Waals surface area (Å²) in [6, 6.07) is 20.3. The normalized spacial score (nSPS) is 16.5. The molecule has 3 heteroatoms. The van der Waals surface area contributed by atoms with Gasteiger partial charge in [0.15, 0.2) is 0 Å². The summed E-state index contributed by atoms with van der Waals surface area (Å²) in [5.41, 5.74) is 1.07. The van der Waals surface area contributed by atoms with Crippen molar-refractivity contribution in [3.63, 3.8) is 0 Å². The van der Waals surface area contributed by atoms with Crippen LogP contribution in [0.3, 0.4) is 0 Å². The van der Waals surface area contributed by atoms with Crippen LogP contribution >= 0.6 is 0 Å². The van der Waals surface area contributed by atoms with Crippen molar-refractivity contribution >= 4 is 5.91 Å². The highest BCUT2D eigenvalue weighted by Crippen LogP contribution is 2.44. The van der Waals surface area contributed by atoms with Gasteiger partial charge >= 0.3 is 0 Å². The van der Waals surface area contributed by atoms with E-state index in [0.717, 1.165) is 36.8 Å². The van der Waals surface area contributed by atoms with Crippen LogP contribution in [0, 0.1) is 5.41 Å². The van der Waals surface area contributed by atoms with Gasteiger partial charge in [-0.05, 0) is 24.0 Å².